The molecule has 1 N–H and O–H groups in total. The summed E-state index contributed by atoms with van der Waals surface area (Å²) in [5.74, 6) is -5.63. The number of thioether (sulfide) groups is 1. The number of nitrogens with zero attached hydrogens (tertiary/aromatic N) is 3. The molecule has 1 amide bonds. The molecule has 1 fully saturated rings. The van der Waals surface area contributed by atoms with Crippen LogP contribution < -0.4 is 4.90 Å². The number of benzene rings is 4. The Hall–Kier alpha value is -4.23. The minimum Gasteiger partial charge on any atom is -0.384 e. The van der Waals surface area contributed by atoms with Crippen LogP contribution in [-0.4, -0.2) is 66.5 Å². The highest BCUT2D eigenvalue weighted by molar-refractivity contribution is 8.02. The van der Waals surface area contributed by atoms with Crippen LogP contribution in [0.5, 0.6) is 0 Å². The minimum atomic E-state index is -4.87. The first kappa shape index (κ1) is 18.4. The van der Waals surface area contributed by atoms with E-state index in [9.17, 15) is 32.3 Å². The molecule has 2 heterocycles. The smallest absolute Gasteiger partial charge is 0.384 e. The van der Waals surface area contributed by atoms with Crippen molar-refractivity contribution in [2.45, 2.75) is 50.2 Å². The van der Waals surface area contributed by atoms with Gasteiger partial charge in [0.1, 0.15) is 12.6 Å². The van der Waals surface area contributed by atoms with E-state index in [4.69, 9.17) is 23.3 Å². The third kappa shape index (κ3) is 9.29. The Morgan fingerprint density at radius 1 is 1.09 bits per heavy atom. The van der Waals surface area contributed by atoms with E-state index in [1.807, 2.05) is 0 Å². The maximum atomic E-state index is 15.7. The number of rotatable bonds is 12. The summed E-state index contributed by atoms with van der Waals surface area (Å²) >= 11 is -0.290. The molecule has 0 bridgehead atoms. The van der Waals surface area contributed by atoms with Gasteiger partial charge >= 0.3 is 6.18 Å². The summed E-state index contributed by atoms with van der Waals surface area (Å²) < 4.78 is 285. The number of alkyl halides is 3. The second-order valence-electron chi connectivity index (χ2n) is 11.0. The number of carbonyl (C=O) groups is 1. The number of ether oxygens (including phenoxy) is 1. The number of aliphatic hydroxyl groups excluding tert-OH is 1. The van der Waals surface area contributed by atoms with Gasteiger partial charge in [-0.1, -0.05) is 66.2 Å². The van der Waals surface area contributed by atoms with Gasteiger partial charge < -0.3 is 24.5 Å². The number of aliphatic hydroxyl groups is 1. The third-order valence-electron chi connectivity index (χ3n) is 7.42. The molecule has 0 radical (unpaired) electrons. The van der Waals surface area contributed by atoms with Crippen molar-refractivity contribution in [3.63, 3.8) is 0 Å². The topological polar surface area (TPSA) is 56.3 Å². The van der Waals surface area contributed by atoms with Gasteiger partial charge in [-0.05, 0) is 66.7 Å². The fraction of sp³-hybridized carbons (Fsp3) is 0.341. The van der Waals surface area contributed by atoms with Crippen molar-refractivity contribution in [3.8, 4) is 11.1 Å². The zero-order valence-electron chi connectivity index (χ0n) is 51.0. The minimum absolute atomic E-state index is 0.0112. The summed E-state index contributed by atoms with van der Waals surface area (Å²) in [7, 11) is -3.91. The van der Waals surface area contributed by atoms with Gasteiger partial charge in [-0.15, -0.1) is 11.8 Å². The number of carbonyl (C=O) groups excluding carboxylic acids is 1. The number of anilines is 1. The lowest BCUT2D eigenvalue weighted by molar-refractivity contribution is -0.137. The molecule has 6 nitrogen and oxygen atoms in total. The maximum absolute atomic E-state index is 15.7. The average Bonchev–Trinajstić information content (AvgIpc) is 3.28. The van der Waals surface area contributed by atoms with Crippen LogP contribution in [0, 0.1) is 18.6 Å². The van der Waals surface area contributed by atoms with E-state index in [1.54, 1.807) is 0 Å². The number of amides is 1. The summed E-state index contributed by atoms with van der Waals surface area (Å²) in [6, 6.07) is 0.365. The van der Waals surface area contributed by atoms with Gasteiger partial charge in [0.15, 0.2) is 11.6 Å². The Bertz CT molecular complexity index is 2990. The monoisotopic (exact) mass is 775 g/mol. The lowest BCUT2D eigenvalue weighted by atomic mass is 9.99. The number of fused-ring (bicyclic) bond motifs is 1. The molecule has 0 spiro atoms. The first-order valence-corrected chi connectivity index (χ1v) is 16.0. The first-order valence-electron chi connectivity index (χ1n) is 27.1. The Labute approximate surface area is 344 Å². The molecule has 0 aliphatic carbocycles. The van der Waals surface area contributed by atoms with Crippen molar-refractivity contribution in [1.29, 1.82) is 0 Å². The molecule has 2 aliphatic heterocycles. The fourth-order valence-corrected chi connectivity index (χ4v) is 5.69. The zero-order chi connectivity index (χ0) is 58.9. The summed E-state index contributed by atoms with van der Waals surface area (Å²) in [5, 5.41) is 10.5. The summed E-state index contributed by atoms with van der Waals surface area (Å²) in [6.45, 7) is -23.5. The molecular formula is C41H42F5N3O3S. The van der Waals surface area contributed by atoms with Crippen LogP contribution in [0.2, 0.25) is 0 Å². The molecule has 1 saturated heterocycles. The van der Waals surface area contributed by atoms with E-state index >= 15 is 9.18 Å². The molecule has 1 unspecified atom stereocenters. The molecule has 4 aromatic carbocycles. The summed E-state index contributed by atoms with van der Waals surface area (Å²) in [4.78, 5) is 14.2. The van der Waals surface area contributed by atoms with Gasteiger partial charge in [-0.2, -0.15) is 13.2 Å². The maximum Gasteiger partial charge on any atom is 0.416 e. The second kappa shape index (κ2) is 16.8. The lowest BCUT2D eigenvalue weighted by Gasteiger charge is -2.40. The molecule has 280 valence electrons. The normalized spacial score (nSPS) is 29.3. The predicted molar refractivity (Wildman–Crippen MR) is 198 cm³/mol. The summed E-state index contributed by atoms with van der Waals surface area (Å²) in [6.07, 6.45) is -16.9. The summed E-state index contributed by atoms with van der Waals surface area (Å²) in [5.41, 5.74) is -8.41. The molecule has 12 heteroatoms. The number of likely N-dealkylation sites (tertiary alicyclic amines) is 1. The number of hydrogen-bond acceptors (Lipinski definition) is 6. The quantitative estimate of drug-likeness (QED) is 0.146. The van der Waals surface area contributed by atoms with Crippen LogP contribution in [0.15, 0.2) is 95.9 Å². The molecule has 6 rings (SSSR count). The van der Waals surface area contributed by atoms with Crippen LogP contribution in [0.1, 0.15) is 79.6 Å². The van der Waals surface area contributed by atoms with Gasteiger partial charge in [0, 0.05) is 78.0 Å². The van der Waals surface area contributed by atoms with Crippen LogP contribution in [-0.2, 0) is 27.9 Å². The Kier molecular flexibility index (Phi) is 5.85. The van der Waals surface area contributed by atoms with E-state index in [0.29, 0.717) is 23.1 Å². The van der Waals surface area contributed by atoms with E-state index in [1.165, 1.54) is 0 Å². The van der Waals surface area contributed by atoms with Crippen LogP contribution in [0.3, 0.4) is 0 Å². The largest absolute Gasteiger partial charge is 0.416 e. The van der Waals surface area contributed by atoms with Crippen LogP contribution in [0.25, 0.3) is 11.1 Å². The van der Waals surface area contributed by atoms with E-state index in [0.717, 1.165) is 55.5 Å². The standard InChI is InChI=1S/C41H42F5N3O3S/c1-27-6-15-36-34(22-27)37(50)23-39(53-26-31-4-3-5-35(42)40(31)43)49(36)25-38(51)48(33-16-18-47(19-17-33)20-21-52-2)24-28-7-9-29(10-8-28)30-11-13-32(14-12-30)41(44,45)46/h3-15,22-23,33,37,50H,16-21,24-26H2,1-2H3/i2D3,6D,15D,16D2,17D2,18D2,19D2,20D2,21D2,22D,23D,24D2,26D2,33D. The Balaban J connectivity index is 1.66. The fourth-order valence-electron chi connectivity index (χ4n) is 4.89. The van der Waals surface area contributed by atoms with Crippen molar-refractivity contribution in [2.24, 2.45) is 0 Å². The van der Waals surface area contributed by atoms with Gasteiger partial charge in [-0.25, -0.2) is 8.78 Å². The molecule has 1 atom stereocenters. The number of halogens is 5. The Morgan fingerprint density at radius 3 is 2.47 bits per heavy atom. The zero-order valence-corrected chi connectivity index (χ0v) is 27.9. The molecule has 0 saturated carbocycles. The van der Waals surface area contributed by atoms with Gasteiger partial charge in [0.05, 0.1) is 33.6 Å². The van der Waals surface area contributed by atoms with Gasteiger partial charge in [0.2, 0.25) is 5.91 Å². The van der Waals surface area contributed by atoms with Crippen LogP contribution >= 0.6 is 11.8 Å². The van der Waals surface area contributed by atoms with Crippen molar-refractivity contribution in [3.05, 3.63) is 135 Å². The van der Waals surface area contributed by atoms with E-state index < -0.39 is 167 Å². The molecule has 53 heavy (non-hydrogen) atoms. The van der Waals surface area contributed by atoms with Crippen molar-refractivity contribution in [2.75, 3.05) is 44.5 Å². The predicted octanol–water partition coefficient (Wildman–Crippen LogP) is 8.73. The van der Waals surface area contributed by atoms with E-state index in [-0.39, 0.29) is 28.5 Å². The number of hydrogen-bond donors (Lipinski definition) is 1. The Morgan fingerprint density at radius 2 is 1.79 bits per heavy atom. The number of piperidine rings is 1. The van der Waals surface area contributed by atoms with Crippen molar-refractivity contribution >= 4 is 23.4 Å². The highest BCUT2D eigenvalue weighted by atomic mass is 32.2. The van der Waals surface area contributed by atoms with E-state index in [2.05, 4.69) is 4.74 Å². The SMILES string of the molecule is [2H]C1=C(SC([2H])([2H])c2cccc(F)c2F)N(CC(=O)N(C([2H])([2H])c2ccc(-c3ccc(C(F)(F)F)cc3)cc2)C2([2H])C([2H])([2H])C([2H])([2H])N(C([2H])([2H])C([2H])([2H])OC([2H])([2H])[2H])C([2H])([2H])C2([2H])[2H])c2c([2H])c([2H])c(C)c([2H])c2C1O. The molecule has 2 aliphatic rings. The average molecular weight is 776 g/mol. The first-order chi connectivity index (χ1) is 34.6. The molecular weight excluding hydrogens is 710 g/mol. The molecule has 0 aromatic heterocycles. The lowest BCUT2D eigenvalue weighted by Crippen LogP contribution is -2.50. The van der Waals surface area contributed by atoms with Gasteiger partial charge in [0.25, 0.3) is 0 Å². The van der Waals surface area contributed by atoms with Crippen molar-refractivity contribution in [1.82, 2.24) is 9.80 Å². The van der Waals surface area contributed by atoms with Crippen molar-refractivity contribution < 1.29 is 69.5 Å². The highest BCUT2D eigenvalue weighted by Gasteiger charge is 2.33. The third-order valence-corrected chi connectivity index (χ3v) is 8.28. The highest BCUT2D eigenvalue weighted by Crippen LogP contribution is 2.41. The van der Waals surface area contributed by atoms with Gasteiger partial charge in [-0.3, -0.25) is 4.79 Å². The molecule has 4 aromatic rings. The second-order valence-corrected chi connectivity index (χ2v) is 11.8. The number of methoxy groups -OCH3 is 1. The van der Waals surface area contributed by atoms with Crippen LogP contribution in [0.4, 0.5) is 27.6 Å².